The number of thiazole rings is 1. The zero-order valence-corrected chi connectivity index (χ0v) is 18.5. The Hall–Kier alpha value is -0.900. The Morgan fingerprint density at radius 2 is 2.28 bits per heavy atom. The lowest BCUT2D eigenvalue weighted by Crippen LogP contribution is -2.47. The third kappa shape index (κ3) is 6.73. The van der Waals surface area contributed by atoms with Crippen LogP contribution in [0.1, 0.15) is 41.8 Å². The van der Waals surface area contributed by atoms with Crippen molar-refractivity contribution in [3.8, 4) is 0 Å². The van der Waals surface area contributed by atoms with Gasteiger partial charge in [0.15, 0.2) is 5.96 Å². The number of rotatable bonds is 6. The van der Waals surface area contributed by atoms with Crippen LogP contribution in [-0.2, 0) is 17.6 Å². The lowest BCUT2D eigenvalue weighted by atomic mass is 9.95. The fourth-order valence-electron chi connectivity index (χ4n) is 3.24. The molecule has 1 atom stereocenters. The van der Waals surface area contributed by atoms with Gasteiger partial charge >= 0.3 is 0 Å². The smallest absolute Gasteiger partial charge is 0.217 e. The number of hydrogen-bond donors (Lipinski definition) is 2. The highest BCUT2D eigenvalue weighted by atomic mass is 127. The van der Waals surface area contributed by atoms with E-state index >= 15 is 0 Å². The summed E-state index contributed by atoms with van der Waals surface area (Å²) in [6, 6.07) is 0. The monoisotopic (exact) mass is 479 g/mol. The van der Waals surface area contributed by atoms with E-state index in [0.717, 1.165) is 51.3 Å². The number of nitrogens with zero attached hydrogens (tertiary/aromatic N) is 3. The van der Waals surface area contributed by atoms with Gasteiger partial charge in [0.1, 0.15) is 0 Å². The summed E-state index contributed by atoms with van der Waals surface area (Å²) >= 11 is 1.79. The van der Waals surface area contributed by atoms with Gasteiger partial charge in [-0.25, -0.2) is 4.98 Å². The van der Waals surface area contributed by atoms with Gasteiger partial charge in [-0.3, -0.25) is 9.79 Å². The molecule has 142 valence electrons. The van der Waals surface area contributed by atoms with Gasteiger partial charge in [0, 0.05) is 44.4 Å². The highest BCUT2D eigenvalue weighted by Gasteiger charge is 2.23. The molecular weight excluding hydrogens is 449 g/mol. The fourth-order valence-corrected chi connectivity index (χ4v) is 4.27. The number of carbonyl (C=O) groups is 1. The standard InChI is InChI=1S/C17H29N5OS.HI/c1-4-14-12(2)24-16(21-14)7-8-20-17(19-3)22-9-5-6-13(11-22)10-15(18)23;/h13H,4-11H2,1-3H3,(H2,18,23)(H,19,20);1H. The summed E-state index contributed by atoms with van der Waals surface area (Å²) in [5.74, 6) is 1.03. The summed E-state index contributed by atoms with van der Waals surface area (Å²) in [6.45, 7) is 6.92. The number of piperidine rings is 1. The zero-order valence-electron chi connectivity index (χ0n) is 15.4. The van der Waals surface area contributed by atoms with Crippen molar-refractivity contribution >= 4 is 47.2 Å². The minimum absolute atomic E-state index is 0. The summed E-state index contributed by atoms with van der Waals surface area (Å²) in [6.07, 6.45) is 4.50. The van der Waals surface area contributed by atoms with E-state index in [-0.39, 0.29) is 29.9 Å². The van der Waals surface area contributed by atoms with Crippen LogP contribution in [0.2, 0.25) is 0 Å². The molecule has 0 aromatic carbocycles. The maximum absolute atomic E-state index is 11.1. The Bertz CT molecular complexity index is 590. The summed E-state index contributed by atoms with van der Waals surface area (Å²) in [5, 5.41) is 4.61. The lowest BCUT2D eigenvalue weighted by Gasteiger charge is -2.34. The first kappa shape index (κ1) is 22.1. The van der Waals surface area contributed by atoms with Crippen LogP contribution in [0.15, 0.2) is 4.99 Å². The molecule has 25 heavy (non-hydrogen) atoms. The molecule has 3 N–H and O–H groups in total. The molecule has 1 aromatic rings. The van der Waals surface area contributed by atoms with Crippen LogP contribution in [0, 0.1) is 12.8 Å². The minimum atomic E-state index is -0.212. The van der Waals surface area contributed by atoms with Crippen molar-refractivity contribution in [2.75, 3.05) is 26.7 Å². The summed E-state index contributed by atoms with van der Waals surface area (Å²) in [4.78, 5) is 23.8. The lowest BCUT2D eigenvalue weighted by molar-refractivity contribution is -0.119. The topological polar surface area (TPSA) is 83.6 Å². The van der Waals surface area contributed by atoms with Gasteiger partial charge in [-0.2, -0.15) is 0 Å². The second-order valence-corrected chi connectivity index (χ2v) is 7.60. The largest absolute Gasteiger partial charge is 0.370 e. The number of likely N-dealkylation sites (tertiary alicyclic amines) is 1. The molecule has 0 aliphatic carbocycles. The van der Waals surface area contributed by atoms with Crippen molar-refractivity contribution in [3.05, 3.63) is 15.6 Å². The molecule has 8 heteroatoms. The highest BCUT2D eigenvalue weighted by Crippen LogP contribution is 2.20. The number of nitrogens with one attached hydrogen (secondary N) is 1. The number of nitrogens with two attached hydrogens (primary N) is 1. The van der Waals surface area contributed by atoms with E-state index < -0.39 is 0 Å². The van der Waals surface area contributed by atoms with Crippen LogP contribution in [0.5, 0.6) is 0 Å². The second-order valence-electron chi connectivity index (χ2n) is 6.31. The van der Waals surface area contributed by atoms with E-state index in [4.69, 9.17) is 5.73 Å². The third-order valence-corrected chi connectivity index (χ3v) is 5.49. The van der Waals surface area contributed by atoms with Crippen molar-refractivity contribution in [1.82, 2.24) is 15.2 Å². The van der Waals surface area contributed by atoms with Gasteiger partial charge in [0.05, 0.1) is 10.7 Å². The molecule has 1 aliphatic heterocycles. The van der Waals surface area contributed by atoms with E-state index in [1.54, 1.807) is 11.3 Å². The number of hydrogen-bond acceptors (Lipinski definition) is 4. The Kier molecular flexibility index (Phi) is 9.70. The molecule has 1 aliphatic rings. The highest BCUT2D eigenvalue weighted by molar-refractivity contribution is 14.0. The van der Waals surface area contributed by atoms with Crippen molar-refractivity contribution in [2.45, 2.75) is 46.0 Å². The van der Waals surface area contributed by atoms with Crippen molar-refractivity contribution in [3.63, 3.8) is 0 Å². The molecule has 1 fully saturated rings. The van der Waals surface area contributed by atoms with Crippen LogP contribution in [0.4, 0.5) is 0 Å². The molecule has 1 saturated heterocycles. The quantitative estimate of drug-likeness (QED) is 0.373. The summed E-state index contributed by atoms with van der Waals surface area (Å²) in [5.41, 5.74) is 6.55. The maximum atomic E-state index is 11.1. The Balaban J connectivity index is 0.00000312. The van der Waals surface area contributed by atoms with Crippen LogP contribution in [0.3, 0.4) is 0 Å². The average molecular weight is 479 g/mol. The minimum Gasteiger partial charge on any atom is -0.370 e. The number of carbonyl (C=O) groups excluding carboxylic acids is 1. The van der Waals surface area contributed by atoms with Crippen LogP contribution in [0.25, 0.3) is 0 Å². The predicted molar refractivity (Wildman–Crippen MR) is 115 cm³/mol. The molecule has 0 saturated carbocycles. The molecule has 2 heterocycles. The molecule has 1 amide bonds. The first-order valence-corrected chi connectivity index (χ1v) is 9.54. The number of aryl methyl sites for hydroxylation is 2. The molecule has 1 unspecified atom stereocenters. The SMILES string of the molecule is CCc1nc(CCNC(=NC)N2CCCC(CC(N)=O)C2)sc1C.I. The number of primary amides is 1. The molecule has 1 aromatic heterocycles. The Morgan fingerprint density at radius 1 is 1.52 bits per heavy atom. The third-order valence-electron chi connectivity index (χ3n) is 4.41. The molecule has 0 spiro atoms. The number of aliphatic imine (C=N–C) groups is 1. The normalized spacial score (nSPS) is 18.0. The van der Waals surface area contributed by atoms with E-state index in [2.05, 4.69) is 34.0 Å². The van der Waals surface area contributed by atoms with Gasteiger partial charge in [-0.05, 0) is 32.1 Å². The summed E-state index contributed by atoms with van der Waals surface area (Å²) in [7, 11) is 1.81. The number of amides is 1. The van der Waals surface area contributed by atoms with Crippen molar-refractivity contribution < 1.29 is 4.79 Å². The molecular formula is C17H30IN5OS. The number of halogens is 1. The first-order valence-electron chi connectivity index (χ1n) is 8.72. The molecule has 2 rings (SSSR count). The average Bonchev–Trinajstić information content (AvgIpc) is 2.91. The number of aromatic nitrogens is 1. The van der Waals surface area contributed by atoms with Crippen molar-refractivity contribution in [2.24, 2.45) is 16.6 Å². The van der Waals surface area contributed by atoms with Gasteiger partial charge in [0.25, 0.3) is 0 Å². The Labute approximate surface area is 171 Å². The van der Waals surface area contributed by atoms with E-state index in [1.807, 2.05) is 7.05 Å². The fraction of sp³-hybridized carbons (Fsp3) is 0.706. The Morgan fingerprint density at radius 3 is 2.88 bits per heavy atom. The molecule has 0 bridgehead atoms. The molecule has 0 radical (unpaired) electrons. The van der Waals surface area contributed by atoms with E-state index in [9.17, 15) is 4.79 Å². The van der Waals surface area contributed by atoms with E-state index in [1.165, 1.54) is 15.6 Å². The van der Waals surface area contributed by atoms with Gasteiger partial charge in [-0.15, -0.1) is 35.3 Å². The van der Waals surface area contributed by atoms with Crippen LogP contribution < -0.4 is 11.1 Å². The van der Waals surface area contributed by atoms with Crippen molar-refractivity contribution in [1.29, 1.82) is 0 Å². The first-order chi connectivity index (χ1) is 11.5. The van der Waals surface area contributed by atoms with E-state index in [0.29, 0.717) is 12.3 Å². The zero-order chi connectivity index (χ0) is 17.5. The number of guanidine groups is 1. The van der Waals surface area contributed by atoms with Gasteiger partial charge in [-0.1, -0.05) is 6.92 Å². The maximum Gasteiger partial charge on any atom is 0.217 e. The second kappa shape index (κ2) is 10.9. The predicted octanol–water partition coefficient (Wildman–Crippen LogP) is 2.34. The molecule has 6 nitrogen and oxygen atoms in total. The summed E-state index contributed by atoms with van der Waals surface area (Å²) < 4.78 is 0. The van der Waals surface area contributed by atoms with Gasteiger partial charge in [0.2, 0.25) is 5.91 Å². The van der Waals surface area contributed by atoms with Crippen LogP contribution in [-0.4, -0.2) is 48.4 Å². The van der Waals surface area contributed by atoms with Gasteiger partial charge < -0.3 is 16.0 Å². The van der Waals surface area contributed by atoms with Crippen LogP contribution >= 0.6 is 35.3 Å².